The second-order valence-corrected chi connectivity index (χ2v) is 15.6. The average Bonchev–Trinajstić information content (AvgIpc) is 3.84. The number of benzene rings is 10. The molecule has 5 nitrogen and oxygen atoms in total. The van der Waals surface area contributed by atoms with Crippen molar-refractivity contribution in [1.29, 1.82) is 0 Å². The summed E-state index contributed by atoms with van der Waals surface area (Å²) in [4.78, 5) is 16.4. The second kappa shape index (κ2) is 12.7. The van der Waals surface area contributed by atoms with Crippen molar-refractivity contribution in [2.24, 2.45) is 0 Å². The standard InChI is InChI=1S/C55H32N4O/c1-2-13-33(14-3-1)40-27-39-20-9-10-21-41(39)48(30-40)54-56-53(45-24-12-23-44-47-29-36-17-5-7-19-38(36)32-50(47)60-52(44)45)57-55(58-54)59-49-31-37-18-6-4-16-35(37)28-46(49)43-26-25-34-15-8-11-22-42(34)51(43)59/h1-32H. The highest BCUT2D eigenvalue weighted by molar-refractivity contribution is 6.21. The molecule has 13 aromatic rings. The topological polar surface area (TPSA) is 56.7 Å². The van der Waals surface area contributed by atoms with Crippen LogP contribution in [0.15, 0.2) is 199 Å². The van der Waals surface area contributed by atoms with Gasteiger partial charge in [-0.1, -0.05) is 152 Å². The molecule has 3 heterocycles. The quantitative estimate of drug-likeness (QED) is 0.179. The largest absolute Gasteiger partial charge is 0.455 e. The molecule has 0 fully saturated rings. The van der Waals surface area contributed by atoms with Crippen molar-refractivity contribution in [2.75, 3.05) is 0 Å². The van der Waals surface area contributed by atoms with E-state index in [9.17, 15) is 0 Å². The van der Waals surface area contributed by atoms with E-state index in [2.05, 4.69) is 199 Å². The zero-order chi connectivity index (χ0) is 39.3. The van der Waals surface area contributed by atoms with E-state index in [4.69, 9.17) is 19.4 Å². The smallest absolute Gasteiger partial charge is 0.238 e. The van der Waals surface area contributed by atoms with Crippen LogP contribution < -0.4 is 0 Å². The minimum absolute atomic E-state index is 0.537. The first-order chi connectivity index (χ1) is 29.7. The fourth-order valence-corrected chi connectivity index (χ4v) is 9.33. The highest BCUT2D eigenvalue weighted by Gasteiger charge is 2.23. The lowest BCUT2D eigenvalue weighted by Gasteiger charge is -2.14. The molecule has 0 radical (unpaired) electrons. The molecular weight excluding hydrogens is 733 g/mol. The Bertz CT molecular complexity index is 3900. The van der Waals surface area contributed by atoms with Crippen LogP contribution in [0.2, 0.25) is 0 Å². The summed E-state index contributed by atoms with van der Waals surface area (Å²) in [6, 6.07) is 68.7. The summed E-state index contributed by atoms with van der Waals surface area (Å²) in [7, 11) is 0. The van der Waals surface area contributed by atoms with E-state index in [1.807, 2.05) is 0 Å². The zero-order valence-corrected chi connectivity index (χ0v) is 32.2. The van der Waals surface area contributed by atoms with Gasteiger partial charge in [0.2, 0.25) is 5.95 Å². The summed E-state index contributed by atoms with van der Waals surface area (Å²) in [6.07, 6.45) is 0. The van der Waals surface area contributed by atoms with E-state index < -0.39 is 0 Å². The molecule has 5 heteroatoms. The molecular formula is C55H32N4O. The van der Waals surface area contributed by atoms with Gasteiger partial charge in [0.15, 0.2) is 11.6 Å². The van der Waals surface area contributed by atoms with Gasteiger partial charge >= 0.3 is 0 Å². The van der Waals surface area contributed by atoms with Crippen LogP contribution >= 0.6 is 0 Å². The Hall–Kier alpha value is -8.15. The highest BCUT2D eigenvalue weighted by atomic mass is 16.3. The Kier molecular flexibility index (Phi) is 6.95. The summed E-state index contributed by atoms with van der Waals surface area (Å²) in [5.74, 6) is 1.66. The number of rotatable bonds is 4. The lowest BCUT2D eigenvalue weighted by Crippen LogP contribution is -2.07. The maximum absolute atomic E-state index is 6.81. The lowest BCUT2D eigenvalue weighted by molar-refractivity contribution is 0.670. The van der Waals surface area contributed by atoms with Crippen molar-refractivity contribution in [2.45, 2.75) is 0 Å². The van der Waals surface area contributed by atoms with Crippen molar-refractivity contribution >= 4 is 86.8 Å². The Morgan fingerprint density at radius 1 is 0.350 bits per heavy atom. The van der Waals surface area contributed by atoms with Crippen LogP contribution in [0, 0.1) is 0 Å². The average molecular weight is 765 g/mol. The summed E-state index contributed by atoms with van der Waals surface area (Å²) < 4.78 is 9.06. The molecule has 0 aliphatic rings. The molecule has 0 amide bonds. The van der Waals surface area contributed by atoms with Gasteiger partial charge in [0.25, 0.3) is 0 Å². The number of furan rings is 1. The van der Waals surface area contributed by atoms with Gasteiger partial charge in [0.1, 0.15) is 11.2 Å². The van der Waals surface area contributed by atoms with Gasteiger partial charge in [0, 0.05) is 32.5 Å². The van der Waals surface area contributed by atoms with Crippen LogP contribution in [0.1, 0.15) is 0 Å². The first kappa shape index (κ1) is 32.9. The third kappa shape index (κ3) is 4.96. The first-order valence-electron chi connectivity index (χ1n) is 20.3. The number of hydrogen-bond acceptors (Lipinski definition) is 4. The highest BCUT2D eigenvalue weighted by Crippen LogP contribution is 2.41. The molecule has 0 bridgehead atoms. The van der Waals surface area contributed by atoms with E-state index in [0.717, 1.165) is 98.3 Å². The SMILES string of the molecule is c1ccc(-c2cc(-c3nc(-c4cccc5c4oc4cc6ccccc6cc45)nc(-n4c5cc6ccccc6cc5c5ccc6ccccc6c54)n3)c3ccccc3c2)cc1. The number of fused-ring (bicyclic) bond motifs is 11. The Labute approximate surface area is 343 Å². The summed E-state index contributed by atoms with van der Waals surface area (Å²) >= 11 is 0. The predicted octanol–water partition coefficient (Wildman–Crippen LogP) is 14.5. The minimum atomic E-state index is 0.537. The van der Waals surface area contributed by atoms with Gasteiger partial charge in [0.05, 0.1) is 16.6 Å². The maximum Gasteiger partial charge on any atom is 0.238 e. The lowest BCUT2D eigenvalue weighted by atomic mass is 9.96. The Morgan fingerprint density at radius 2 is 0.967 bits per heavy atom. The number of nitrogens with zero attached hydrogens (tertiary/aromatic N) is 4. The second-order valence-electron chi connectivity index (χ2n) is 15.6. The summed E-state index contributed by atoms with van der Waals surface area (Å²) in [6.45, 7) is 0. The van der Waals surface area contributed by atoms with Crippen LogP contribution in [-0.4, -0.2) is 19.5 Å². The molecule has 3 aromatic heterocycles. The molecule has 0 atom stereocenters. The third-order valence-corrected chi connectivity index (χ3v) is 12.2. The van der Waals surface area contributed by atoms with E-state index in [1.54, 1.807) is 0 Å². The molecule has 0 N–H and O–H groups in total. The predicted molar refractivity (Wildman–Crippen MR) is 248 cm³/mol. The van der Waals surface area contributed by atoms with E-state index in [1.165, 1.54) is 10.8 Å². The van der Waals surface area contributed by atoms with Gasteiger partial charge in [-0.05, 0) is 91.3 Å². The monoisotopic (exact) mass is 764 g/mol. The Balaban J connectivity index is 1.17. The molecule has 0 aliphatic carbocycles. The number of hydrogen-bond donors (Lipinski definition) is 0. The van der Waals surface area contributed by atoms with Gasteiger partial charge < -0.3 is 4.42 Å². The van der Waals surface area contributed by atoms with Crippen LogP contribution in [0.25, 0.3) is 127 Å². The molecule has 10 aromatic carbocycles. The zero-order valence-electron chi connectivity index (χ0n) is 32.2. The summed E-state index contributed by atoms with van der Waals surface area (Å²) in [5, 5.41) is 13.4. The van der Waals surface area contributed by atoms with Crippen LogP contribution in [0.4, 0.5) is 0 Å². The number of aromatic nitrogens is 4. The molecule has 60 heavy (non-hydrogen) atoms. The minimum Gasteiger partial charge on any atom is -0.455 e. The van der Waals surface area contributed by atoms with Crippen LogP contribution in [-0.2, 0) is 0 Å². The molecule has 0 spiro atoms. The molecule has 0 aliphatic heterocycles. The van der Waals surface area contributed by atoms with Crippen LogP contribution in [0.5, 0.6) is 0 Å². The van der Waals surface area contributed by atoms with Crippen LogP contribution in [0.3, 0.4) is 0 Å². The van der Waals surface area contributed by atoms with E-state index in [0.29, 0.717) is 17.6 Å². The van der Waals surface area contributed by atoms with Gasteiger partial charge in [-0.15, -0.1) is 0 Å². The van der Waals surface area contributed by atoms with E-state index in [-0.39, 0.29) is 0 Å². The Morgan fingerprint density at radius 3 is 1.75 bits per heavy atom. The van der Waals surface area contributed by atoms with Crippen molar-refractivity contribution in [3.05, 3.63) is 194 Å². The van der Waals surface area contributed by atoms with Crippen molar-refractivity contribution in [3.8, 4) is 39.9 Å². The van der Waals surface area contributed by atoms with Crippen molar-refractivity contribution < 1.29 is 4.42 Å². The molecule has 0 saturated carbocycles. The molecule has 0 saturated heterocycles. The summed E-state index contributed by atoms with van der Waals surface area (Å²) in [5.41, 5.74) is 7.60. The first-order valence-corrected chi connectivity index (χ1v) is 20.3. The molecule has 278 valence electrons. The van der Waals surface area contributed by atoms with Gasteiger partial charge in [-0.25, -0.2) is 4.98 Å². The normalized spacial score (nSPS) is 12.0. The van der Waals surface area contributed by atoms with Crippen molar-refractivity contribution in [1.82, 2.24) is 19.5 Å². The van der Waals surface area contributed by atoms with Gasteiger partial charge in [-0.2, -0.15) is 9.97 Å². The molecule has 13 rings (SSSR count). The fraction of sp³-hybridized carbons (Fsp3) is 0. The van der Waals surface area contributed by atoms with E-state index >= 15 is 0 Å². The maximum atomic E-state index is 6.81. The van der Waals surface area contributed by atoms with Crippen molar-refractivity contribution in [3.63, 3.8) is 0 Å². The number of para-hydroxylation sites is 1. The van der Waals surface area contributed by atoms with Gasteiger partial charge in [-0.3, -0.25) is 4.57 Å². The third-order valence-electron chi connectivity index (χ3n) is 12.2. The molecule has 0 unspecified atom stereocenters. The fourth-order valence-electron chi connectivity index (χ4n) is 9.33.